The van der Waals surface area contributed by atoms with Crippen molar-refractivity contribution in [2.24, 2.45) is 0 Å². The third-order valence-corrected chi connectivity index (χ3v) is 5.98. The zero-order chi connectivity index (χ0) is 21.3. The Kier molecular flexibility index (Phi) is 5.59. The van der Waals surface area contributed by atoms with E-state index in [4.69, 9.17) is 0 Å². The molecule has 152 valence electrons. The van der Waals surface area contributed by atoms with E-state index in [9.17, 15) is 4.79 Å². The van der Waals surface area contributed by atoms with E-state index in [1.807, 2.05) is 30.6 Å². The maximum atomic E-state index is 12.6. The molecular weight excluding hydrogens is 392 g/mol. The van der Waals surface area contributed by atoms with Crippen molar-refractivity contribution in [3.05, 3.63) is 77.1 Å². The van der Waals surface area contributed by atoms with Crippen LogP contribution in [0.25, 0.3) is 16.8 Å². The Morgan fingerprint density at radius 2 is 1.70 bits per heavy atom. The Labute approximate surface area is 180 Å². The molecule has 2 heterocycles. The average molecular weight is 417 g/mol. The van der Waals surface area contributed by atoms with Crippen LogP contribution in [0.5, 0.6) is 0 Å². The Bertz CT molecular complexity index is 1200. The Morgan fingerprint density at radius 1 is 1.00 bits per heavy atom. The lowest BCUT2D eigenvalue weighted by atomic mass is 10.1. The second kappa shape index (κ2) is 8.32. The quantitative estimate of drug-likeness (QED) is 0.445. The first-order valence-electron chi connectivity index (χ1n) is 9.82. The van der Waals surface area contributed by atoms with Gasteiger partial charge in [0.25, 0.3) is 0 Å². The molecule has 0 aliphatic rings. The number of nitrogens with one attached hydrogen (secondary N) is 1. The highest BCUT2D eigenvalue weighted by molar-refractivity contribution is 8.00. The van der Waals surface area contributed by atoms with Crippen molar-refractivity contribution < 1.29 is 4.79 Å². The topological polar surface area (TPSA) is 59.3 Å². The Hall–Kier alpha value is -3.12. The van der Waals surface area contributed by atoms with E-state index in [-0.39, 0.29) is 11.7 Å². The third-order valence-electron chi connectivity index (χ3n) is 4.98. The molecule has 0 aliphatic heterocycles. The molecule has 2 aromatic heterocycles. The van der Waals surface area contributed by atoms with Crippen LogP contribution in [-0.2, 0) is 4.79 Å². The normalized spacial score (nSPS) is 11.1. The molecule has 1 N–H and O–H groups in total. The van der Waals surface area contributed by atoms with Crippen LogP contribution in [0.3, 0.4) is 0 Å². The number of nitrogens with zero attached hydrogens (tertiary/aromatic N) is 3. The van der Waals surface area contributed by atoms with Crippen molar-refractivity contribution in [3.63, 3.8) is 0 Å². The summed E-state index contributed by atoms with van der Waals surface area (Å²) in [5.41, 5.74) is 8.29. The molecule has 0 radical (unpaired) electrons. The number of aryl methyl sites for hydroxylation is 4. The molecule has 4 aromatic rings. The summed E-state index contributed by atoms with van der Waals surface area (Å²) in [6.07, 6.45) is 3.55. The minimum atomic E-state index is -0.0443. The van der Waals surface area contributed by atoms with Gasteiger partial charge in [0.05, 0.1) is 17.0 Å². The van der Waals surface area contributed by atoms with E-state index < -0.39 is 0 Å². The molecule has 0 unspecified atom stereocenters. The predicted octanol–water partition coefficient (Wildman–Crippen LogP) is 5.36. The van der Waals surface area contributed by atoms with E-state index >= 15 is 0 Å². The largest absolute Gasteiger partial charge is 0.325 e. The van der Waals surface area contributed by atoms with Crippen molar-refractivity contribution in [2.45, 2.75) is 32.7 Å². The molecule has 4 rings (SSSR count). The highest BCUT2D eigenvalue weighted by Crippen LogP contribution is 2.27. The van der Waals surface area contributed by atoms with E-state index in [1.165, 1.54) is 22.9 Å². The minimum absolute atomic E-state index is 0.0443. The second-order valence-corrected chi connectivity index (χ2v) is 8.53. The molecule has 0 atom stereocenters. The van der Waals surface area contributed by atoms with Gasteiger partial charge in [0.15, 0.2) is 0 Å². The summed E-state index contributed by atoms with van der Waals surface area (Å²) in [7, 11) is 0. The molecule has 5 nitrogen and oxygen atoms in total. The fourth-order valence-electron chi connectivity index (χ4n) is 3.56. The van der Waals surface area contributed by atoms with Gasteiger partial charge in [-0.25, -0.2) is 9.50 Å². The van der Waals surface area contributed by atoms with Crippen LogP contribution in [0.15, 0.2) is 59.9 Å². The summed E-state index contributed by atoms with van der Waals surface area (Å²) in [5.74, 6) is 0.238. The van der Waals surface area contributed by atoms with Crippen molar-refractivity contribution >= 4 is 28.9 Å². The van der Waals surface area contributed by atoms with Gasteiger partial charge in [-0.2, -0.15) is 5.10 Å². The number of fused-ring (bicyclic) bond motifs is 1. The van der Waals surface area contributed by atoms with Gasteiger partial charge in [-0.3, -0.25) is 4.79 Å². The number of anilines is 1. The Morgan fingerprint density at radius 3 is 2.40 bits per heavy atom. The molecule has 0 fully saturated rings. The average Bonchev–Trinajstić information content (AvgIpc) is 3.14. The fraction of sp³-hybridized carbons (Fsp3) is 0.208. The van der Waals surface area contributed by atoms with Crippen LogP contribution in [0, 0.1) is 27.7 Å². The number of carbonyl (C=O) groups is 1. The fourth-order valence-corrected chi connectivity index (χ4v) is 4.34. The van der Waals surface area contributed by atoms with Crippen molar-refractivity contribution in [3.8, 4) is 11.3 Å². The molecule has 1 amide bonds. The lowest BCUT2D eigenvalue weighted by molar-refractivity contribution is -0.113. The predicted molar refractivity (Wildman–Crippen MR) is 123 cm³/mol. The summed E-state index contributed by atoms with van der Waals surface area (Å²) >= 11 is 1.42. The summed E-state index contributed by atoms with van der Waals surface area (Å²) in [6, 6.07) is 14.5. The lowest BCUT2D eigenvalue weighted by Crippen LogP contribution is -2.16. The number of hydrogen-bond donors (Lipinski definition) is 1. The summed E-state index contributed by atoms with van der Waals surface area (Å²) in [6.45, 7) is 8.16. The number of rotatable bonds is 5. The maximum Gasteiger partial charge on any atom is 0.234 e. The van der Waals surface area contributed by atoms with Gasteiger partial charge < -0.3 is 5.32 Å². The number of aromatic nitrogens is 3. The zero-order valence-electron chi connectivity index (χ0n) is 17.6. The minimum Gasteiger partial charge on any atom is -0.325 e. The van der Waals surface area contributed by atoms with Crippen LogP contribution >= 0.6 is 11.8 Å². The van der Waals surface area contributed by atoms with Gasteiger partial charge in [0.1, 0.15) is 5.03 Å². The van der Waals surface area contributed by atoms with Crippen LogP contribution in [-0.4, -0.2) is 26.3 Å². The van der Waals surface area contributed by atoms with Crippen LogP contribution in [0.2, 0.25) is 0 Å². The van der Waals surface area contributed by atoms with Crippen LogP contribution in [0.1, 0.15) is 22.3 Å². The van der Waals surface area contributed by atoms with Gasteiger partial charge in [0, 0.05) is 23.6 Å². The van der Waals surface area contributed by atoms with Gasteiger partial charge in [0.2, 0.25) is 5.91 Å². The molecule has 6 heteroatoms. The van der Waals surface area contributed by atoms with E-state index in [0.29, 0.717) is 0 Å². The number of benzene rings is 2. The van der Waals surface area contributed by atoms with Crippen LogP contribution < -0.4 is 5.32 Å². The van der Waals surface area contributed by atoms with Crippen molar-refractivity contribution in [1.82, 2.24) is 14.6 Å². The second-order valence-electron chi connectivity index (χ2n) is 7.57. The van der Waals surface area contributed by atoms with Crippen molar-refractivity contribution in [2.75, 3.05) is 11.1 Å². The molecule has 0 bridgehead atoms. The molecule has 2 aromatic carbocycles. The van der Waals surface area contributed by atoms with Gasteiger partial charge in [-0.1, -0.05) is 59.3 Å². The molecule has 30 heavy (non-hydrogen) atoms. The zero-order valence-corrected chi connectivity index (χ0v) is 18.4. The molecule has 0 aliphatic carbocycles. The SMILES string of the molecule is Cc1ccc(-c2cc3c(SCC(=O)Nc4c(C)cc(C)cc4C)nccn3n2)cc1. The summed E-state index contributed by atoms with van der Waals surface area (Å²) in [4.78, 5) is 17.1. The van der Waals surface area contributed by atoms with E-state index in [0.717, 1.165) is 38.6 Å². The smallest absolute Gasteiger partial charge is 0.234 e. The van der Waals surface area contributed by atoms with Crippen molar-refractivity contribution in [1.29, 1.82) is 0 Å². The third kappa shape index (κ3) is 4.24. The number of thioether (sulfide) groups is 1. The highest BCUT2D eigenvalue weighted by atomic mass is 32.2. The number of amides is 1. The van der Waals surface area contributed by atoms with Gasteiger partial charge >= 0.3 is 0 Å². The molecule has 0 saturated carbocycles. The number of hydrogen-bond acceptors (Lipinski definition) is 4. The van der Waals surface area contributed by atoms with Crippen LogP contribution in [0.4, 0.5) is 5.69 Å². The molecule has 0 spiro atoms. The first-order chi connectivity index (χ1) is 14.4. The maximum absolute atomic E-state index is 12.6. The standard InChI is InChI=1S/C24H24N4OS/c1-15-5-7-19(8-6-15)20-13-21-24(25-9-10-28(21)27-20)30-14-22(29)26-23-17(3)11-16(2)12-18(23)4/h5-13H,14H2,1-4H3,(H,26,29). The lowest BCUT2D eigenvalue weighted by Gasteiger charge is -2.12. The molecule has 0 saturated heterocycles. The van der Waals surface area contributed by atoms with Gasteiger partial charge in [-0.15, -0.1) is 0 Å². The number of carbonyl (C=O) groups excluding carboxylic acids is 1. The highest BCUT2D eigenvalue weighted by Gasteiger charge is 2.13. The summed E-state index contributed by atoms with van der Waals surface area (Å²) < 4.78 is 1.82. The summed E-state index contributed by atoms with van der Waals surface area (Å²) in [5, 5.41) is 8.50. The van der Waals surface area contributed by atoms with Gasteiger partial charge in [-0.05, 0) is 44.9 Å². The first-order valence-corrected chi connectivity index (χ1v) is 10.8. The van der Waals surface area contributed by atoms with E-state index in [1.54, 1.807) is 6.20 Å². The van der Waals surface area contributed by atoms with E-state index in [2.05, 4.69) is 65.6 Å². The molecular formula is C24H24N4OS. The Balaban J connectivity index is 1.51. The monoisotopic (exact) mass is 416 g/mol. The first kappa shape index (κ1) is 20.2.